The van der Waals surface area contributed by atoms with Crippen LogP contribution in [0.4, 0.5) is 23.8 Å². The highest BCUT2D eigenvalue weighted by Gasteiger charge is 2.42. The number of aromatic nitrogens is 1. The number of rotatable bonds is 3. The van der Waals surface area contributed by atoms with Gasteiger partial charge in [-0.05, 0) is 19.9 Å². The molecule has 2 amide bonds. The van der Waals surface area contributed by atoms with Gasteiger partial charge in [-0.1, -0.05) is 0 Å². The zero-order chi connectivity index (χ0) is 15.8. The smallest absolute Gasteiger partial charge is 0.420 e. The minimum absolute atomic E-state index is 0.0388. The predicted octanol–water partition coefficient (Wildman–Crippen LogP) is 1.74. The number of halogens is 3. The van der Waals surface area contributed by atoms with Gasteiger partial charge in [-0.2, -0.15) is 13.2 Å². The van der Waals surface area contributed by atoms with Crippen LogP contribution >= 0.6 is 0 Å². The van der Waals surface area contributed by atoms with Crippen LogP contribution in [-0.4, -0.2) is 35.0 Å². The fourth-order valence-electron chi connectivity index (χ4n) is 2.02. The molecule has 1 aliphatic rings. The van der Waals surface area contributed by atoms with Gasteiger partial charge < -0.3 is 15.2 Å². The van der Waals surface area contributed by atoms with Crippen molar-refractivity contribution in [3.63, 3.8) is 0 Å². The lowest BCUT2D eigenvalue weighted by Gasteiger charge is -2.23. The number of hydrogen-bond donors (Lipinski definition) is 2. The normalized spacial score (nSPS) is 22.4. The third-order valence-electron chi connectivity index (χ3n) is 2.99. The maximum atomic E-state index is 13.0. The predicted molar refractivity (Wildman–Crippen MR) is 66.9 cm³/mol. The molecule has 2 N–H and O–H groups in total. The van der Waals surface area contributed by atoms with Gasteiger partial charge in [0, 0.05) is 6.20 Å². The summed E-state index contributed by atoms with van der Waals surface area (Å²) in [5.41, 5.74) is -1.05. The topological polar surface area (TPSA) is 74.7 Å². The molecule has 0 bridgehead atoms. The fourth-order valence-corrected chi connectivity index (χ4v) is 2.02. The molecule has 0 spiro atoms. The average molecular weight is 305 g/mol. The number of urea groups is 1. The van der Waals surface area contributed by atoms with Gasteiger partial charge >= 0.3 is 12.2 Å². The highest BCUT2D eigenvalue weighted by molar-refractivity contribution is 5.95. The lowest BCUT2D eigenvalue weighted by molar-refractivity contribution is -0.138. The van der Waals surface area contributed by atoms with Gasteiger partial charge in [-0.15, -0.1) is 0 Å². The molecule has 1 aromatic rings. The number of alkyl halides is 3. The molecule has 2 rings (SSSR count). The van der Waals surface area contributed by atoms with Crippen LogP contribution in [0.1, 0.15) is 19.4 Å². The van der Waals surface area contributed by atoms with Crippen LogP contribution in [0.25, 0.3) is 0 Å². The van der Waals surface area contributed by atoms with Crippen molar-refractivity contribution in [1.29, 1.82) is 0 Å². The van der Waals surface area contributed by atoms with Crippen molar-refractivity contribution in [2.24, 2.45) is 0 Å². The summed E-state index contributed by atoms with van der Waals surface area (Å²) in [7, 11) is 0. The summed E-state index contributed by atoms with van der Waals surface area (Å²) in [6.07, 6.45) is -5.06. The first-order chi connectivity index (χ1) is 9.77. The molecule has 1 saturated heterocycles. The Morgan fingerprint density at radius 1 is 1.52 bits per heavy atom. The van der Waals surface area contributed by atoms with E-state index in [9.17, 15) is 23.1 Å². The monoisotopic (exact) mass is 305 g/mol. The molecule has 1 unspecified atom stereocenters. The highest BCUT2D eigenvalue weighted by atomic mass is 19.4. The first-order valence-electron chi connectivity index (χ1n) is 6.24. The Bertz CT molecular complexity index is 550. The van der Waals surface area contributed by atoms with Crippen LogP contribution in [0.3, 0.4) is 0 Å². The Labute approximate surface area is 118 Å². The minimum Gasteiger partial charge on any atom is -0.489 e. The third kappa shape index (κ3) is 2.73. The quantitative estimate of drug-likeness (QED) is 0.892. The summed E-state index contributed by atoms with van der Waals surface area (Å²) in [5.74, 6) is -0.933. The van der Waals surface area contributed by atoms with Crippen LogP contribution < -0.4 is 15.0 Å². The summed E-state index contributed by atoms with van der Waals surface area (Å²) < 4.78 is 44.1. The molecule has 0 aromatic carbocycles. The molecular weight excluding hydrogens is 291 g/mol. The molecule has 21 heavy (non-hydrogen) atoms. The lowest BCUT2D eigenvalue weighted by Crippen LogP contribution is -2.36. The molecule has 6 nitrogen and oxygen atoms in total. The molecule has 1 aliphatic heterocycles. The molecular formula is C12H14F3N3O3. The number of aliphatic hydroxyl groups is 1. The summed E-state index contributed by atoms with van der Waals surface area (Å²) in [6.45, 7) is 3.00. The van der Waals surface area contributed by atoms with Gasteiger partial charge in [0.25, 0.3) is 0 Å². The average Bonchev–Trinajstić information content (AvgIpc) is 2.63. The Hall–Kier alpha value is -2.03. The summed E-state index contributed by atoms with van der Waals surface area (Å²) in [5, 5.41) is 12.3. The zero-order valence-electron chi connectivity index (χ0n) is 11.3. The lowest BCUT2D eigenvalue weighted by atomic mass is 10.2. The fraction of sp³-hybridized carbons (Fsp3) is 0.500. The van der Waals surface area contributed by atoms with E-state index < -0.39 is 35.8 Å². The van der Waals surface area contributed by atoms with Crippen LogP contribution in [0, 0.1) is 0 Å². The standard InChI is InChI=1S/C12H14F3N3O3/c1-3-21-8-7(12(13,14)15)4-5-16-9(8)18-10(19)6(2)17-11(18)20/h4-6,10,19H,3H2,1-2H3,(H,17,20)/t6-,10?/m0/s1. The second-order valence-electron chi connectivity index (χ2n) is 4.46. The molecule has 1 aromatic heterocycles. The maximum absolute atomic E-state index is 13.0. The Kier molecular flexibility index (Phi) is 3.95. The van der Waals surface area contributed by atoms with E-state index in [1.54, 1.807) is 0 Å². The van der Waals surface area contributed by atoms with Crippen molar-refractivity contribution < 1.29 is 27.8 Å². The first-order valence-corrected chi connectivity index (χ1v) is 6.24. The number of ether oxygens (including phenoxy) is 1. The minimum atomic E-state index is -4.66. The third-order valence-corrected chi connectivity index (χ3v) is 2.99. The molecule has 2 heterocycles. The van der Waals surface area contributed by atoms with Gasteiger partial charge in [0.1, 0.15) is 5.56 Å². The molecule has 2 atom stereocenters. The molecule has 9 heteroatoms. The zero-order valence-corrected chi connectivity index (χ0v) is 11.3. The number of amides is 2. The van der Waals surface area contributed by atoms with Crippen molar-refractivity contribution >= 4 is 11.8 Å². The largest absolute Gasteiger partial charge is 0.489 e. The van der Waals surface area contributed by atoms with Crippen molar-refractivity contribution in [2.75, 3.05) is 11.5 Å². The Morgan fingerprint density at radius 3 is 2.67 bits per heavy atom. The van der Waals surface area contributed by atoms with Gasteiger partial charge in [-0.25, -0.2) is 14.7 Å². The highest BCUT2D eigenvalue weighted by Crippen LogP contribution is 2.41. The number of carbonyl (C=O) groups excluding carboxylic acids is 1. The molecule has 116 valence electrons. The van der Waals surface area contributed by atoms with Crippen molar-refractivity contribution in [3.8, 4) is 5.75 Å². The molecule has 0 radical (unpaired) electrons. The van der Waals surface area contributed by atoms with E-state index in [1.165, 1.54) is 13.8 Å². The van der Waals surface area contributed by atoms with Crippen LogP contribution in [0.2, 0.25) is 0 Å². The second-order valence-corrected chi connectivity index (χ2v) is 4.46. The van der Waals surface area contributed by atoms with E-state index in [-0.39, 0.29) is 12.4 Å². The van der Waals surface area contributed by atoms with E-state index in [0.717, 1.165) is 17.2 Å². The number of anilines is 1. The van der Waals surface area contributed by atoms with Crippen molar-refractivity contribution in [2.45, 2.75) is 32.3 Å². The summed E-state index contributed by atoms with van der Waals surface area (Å²) in [6, 6.07) is -0.607. The number of nitrogens with zero attached hydrogens (tertiary/aromatic N) is 2. The van der Waals surface area contributed by atoms with Crippen LogP contribution in [-0.2, 0) is 6.18 Å². The summed E-state index contributed by atoms with van der Waals surface area (Å²) in [4.78, 5) is 16.3. The van der Waals surface area contributed by atoms with Gasteiger partial charge in [0.2, 0.25) is 0 Å². The van der Waals surface area contributed by atoms with Gasteiger partial charge in [-0.3, -0.25) is 0 Å². The first kappa shape index (κ1) is 15.4. The van der Waals surface area contributed by atoms with E-state index in [1.807, 2.05) is 0 Å². The number of hydrogen-bond acceptors (Lipinski definition) is 4. The molecule has 0 aliphatic carbocycles. The van der Waals surface area contributed by atoms with Gasteiger partial charge in [0.15, 0.2) is 17.8 Å². The van der Waals surface area contributed by atoms with Crippen LogP contribution in [0.15, 0.2) is 12.3 Å². The van der Waals surface area contributed by atoms with E-state index in [0.29, 0.717) is 0 Å². The van der Waals surface area contributed by atoms with E-state index in [2.05, 4.69) is 10.3 Å². The molecule has 1 fully saturated rings. The van der Waals surface area contributed by atoms with Crippen LogP contribution in [0.5, 0.6) is 5.75 Å². The number of nitrogens with one attached hydrogen (secondary N) is 1. The van der Waals surface area contributed by atoms with Gasteiger partial charge in [0.05, 0.1) is 12.6 Å². The van der Waals surface area contributed by atoms with Crippen molar-refractivity contribution in [1.82, 2.24) is 10.3 Å². The number of aliphatic hydroxyl groups excluding tert-OH is 1. The number of pyridine rings is 1. The summed E-state index contributed by atoms with van der Waals surface area (Å²) >= 11 is 0. The Morgan fingerprint density at radius 2 is 2.19 bits per heavy atom. The molecule has 0 saturated carbocycles. The van der Waals surface area contributed by atoms with E-state index >= 15 is 0 Å². The van der Waals surface area contributed by atoms with E-state index in [4.69, 9.17) is 4.74 Å². The maximum Gasteiger partial charge on any atom is 0.420 e. The Balaban J connectivity index is 2.56. The SMILES string of the molecule is CCOc1c(C(F)(F)F)ccnc1N1C(=O)N[C@@H](C)C1O. The number of carbonyl (C=O) groups is 1. The second kappa shape index (κ2) is 5.40. The van der Waals surface area contributed by atoms with Crippen molar-refractivity contribution in [3.05, 3.63) is 17.8 Å².